The zero-order valence-electron chi connectivity index (χ0n) is 16.9. The van der Waals surface area contributed by atoms with Gasteiger partial charge in [0.15, 0.2) is 5.96 Å². The molecule has 2 heterocycles. The lowest BCUT2D eigenvalue weighted by Gasteiger charge is -2.12. The van der Waals surface area contributed by atoms with Crippen molar-refractivity contribution in [1.82, 2.24) is 25.2 Å². The van der Waals surface area contributed by atoms with E-state index in [9.17, 15) is 0 Å². The largest absolute Gasteiger partial charge is 0.356 e. The van der Waals surface area contributed by atoms with Crippen molar-refractivity contribution >= 4 is 52.3 Å². The lowest BCUT2D eigenvalue weighted by atomic mass is 10.2. The highest BCUT2D eigenvalue weighted by Gasteiger charge is 2.08. The van der Waals surface area contributed by atoms with Crippen LogP contribution in [0.1, 0.15) is 42.7 Å². The van der Waals surface area contributed by atoms with Gasteiger partial charge in [-0.15, -0.1) is 35.3 Å². The maximum absolute atomic E-state index is 4.65. The molecule has 8 heteroatoms. The number of halogens is 1. The minimum Gasteiger partial charge on any atom is -0.356 e. The Hall–Kier alpha value is -1.68. The summed E-state index contributed by atoms with van der Waals surface area (Å²) in [6.45, 7) is 8.87. The fourth-order valence-electron chi connectivity index (χ4n) is 2.97. The molecule has 0 aliphatic carbocycles. The van der Waals surface area contributed by atoms with Crippen LogP contribution in [-0.2, 0) is 13.1 Å². The summed E-state index contributed by atoms with van der Waals surface area (Å²) in [5.41, 5.74) is 3.41. The average Bonchev–Trinajstić information content (AvgIpc) is 3.25. The van der Waals surface area contributed by atoms with Crippen molar-refractivity contribution in [3.63, 3.8) is 0 Å². The van der Waals surface area contributed by atoms with Crippen LogP contribution >= 0.6 is 35.3 Å². The predicted molar refractivity (Wildman–Crippen MR) is 129 cm³/mol. The maximum atomic E-state index is 4.65. The SMILES string of the molecule is CN=C(NCCCn1c(C)nc2ccccc21)NCc1nc(C(C)C)cs1.I. The van der Waals surface area contributed by atoms with E-state index < -0.39 is 0 Å². The molecule has 6 nitrogen and oxygen atoms in total. The third kappa shape index (κ3) is 5.66. The maximum Gasteiger partial charge on any atom is 0.191 e. The summed E-state index contributed by atoms with van der Waals surface area (Å²) in [5.74, 6) is 2.34. The number of thiazole rings is 1. The summed E-state index contributed by atoms with van der Waals surface area (Å²) >= 11 is 1.69. The number of hydrogen-bond acceptors (Lipinski definition) is 4. The fraction of sp³-hybridized carbons (Fsp3) is 0.450. The van der Waals surface area contributed by atoms with Crippen LogP contribution in [0.4, 0.5) is 0 Å². The van der Waals surface area contributed by atoms with Gasteiger partial charge in [-0.25, -0.2) is 9.97 Å². The van der Waals surface area contributed by atoms with E-state index in [2.05, 4.69) is 74.5 Å². The molecule has 2 N–H and O–H groups in total. The topological polar surface area (TPSA) is 67.1 Å². The molecule has 0 atom stereocenters. The summed E-state index contributed by atoms with van der Waals surface area (Å²) in [6, 6.07) is 8.28. The molecule has 0 aliphatic heterocycles. The number of nitrogens with one attached hydrogen (secondary N) is 2. The number of aliphatic imine (C=N–C) groups is 1. The first kappa shape index (κ1) is 22.6. The molecule has 0 aliphatic rings. The van der Waals surface area contributed by atoms with Gasteiger partial charge in [-0.1, -0.05) is 26.0 Å². The number of guanidine groups is 1. The lowest BCUT2D eigenvalue weighted by molar-refractivity contribution is 0.624. The van der Waals surface area contributed by atoms with Gasteiger partial charge in [-0.2, -0.15) is 0 Å². The molecule has 0 saturated heterocycles. The Bertz CT molecular complexity index is 914. The average molecular weight is 512 g/mol. The van der Waals surface area contributed by atoms with E-state index in [1.807, 2.05) is 6.07 Å². The molecule has 0 unspecified atom stereocenters. The Morgan fingerprint density at radius 2 is 2.00 bits per heavy atom. The second-order valence-corrected chi connectivity index (χ2v) is 7.77. The van der Waals surface area contributed by atoms with Crippen molar-refractivity contribution < 1.29 is 0 Å². The predicted octanol–water partition coefficient (Wildman–Crippen LogP) is 4.30. The van der Waals surface area contributed by atoms with Gasteiger partial charge in [0.2, 0.25) is 0 Å². The van der Waals surface area contributed by atoms with Crippen molar-refractivity contribution in [2.45, 2.75) is 46.2 Å². The van der Waals surface area contributed by atoms with Crippen molar-refractivity contribution in [3.8, 4) is 0 Å². The van der Waals surface area contributed by atoms with Crippen LogP contribution in [0.15, 0.2) is 34.6 Å². The standard InChI is InChI=1S/C20H28N6S.HI/c1-14(2)17-13-27-19(25-17)12-23-20(21-4)22-10-7-11-26-15(3)24-16-8-5-6-9-18(16)26;/h5-6,8-9,13-14H,7,10-12H2,1-4H3,(H2,21,22,23);1H. The number of imidazole rings is 1. The van der Waals surface area contributed by atoms with E-state index in [4.69, 9.17) is 0 Å². The Morgan fingerprint density at radius 3 is 2.71 bits per heavy atom. The quantitative estimate of drug-likeness (QED) is 0.215. The summed E-state index contributed by atoms with van der Waals surface area (Å²) in [7, 11) is 1.80. The van der Waals surface area contributed by atoms with Crippen LogP contribution in [0, 0.1) is 6.92 Å². The number of aromatic nitrogens is 3. The van der Waals surface area contributed by atoms with Gasteiger partial charge in [0, 0.05) is 25.5 Å². The molecule has 0 fully saturated rings. The van der Waals surface area contributed by atoms with Crippen LogP contribution in [0.5, 0.6) is 0 Å². The van der Waals surface area contributed by atoms with E-state index >= 15 is 0 Å². The molecule has 0 radical (unpaired) electrons. The molecular formula is C20H29IN6S. The molecule has 152 valence electrons. The third-order valence-electron chi connectivity index (χ3n) is 4.49. The van der Waals surface area contributed by atoms with E-state index in [0.29, 0.717) is 12.5 Å². The molecule has 0 bridgehead atoms. The number of aryl methyl sites for hydroxylation is 2. The minimum atomic E-state index is 0. The molecular weight excluding hydrogens is 483 g/mol. The second kappa shape index (κ2) is 10.8. The number of benzene rings is 1. The Kier molecular flexibility index (Phi) is 8.68. The highest BCUT2D eigenvalue weighted by atomic mass is 127. The van der Waals surface area contributed by atoms with E-state index in [1.54, 1.807) is 18.4 Å². The summed E-state index contributed by atoms with van der Waals surface area (Å²) in [6.07, 6.45) is 0.997. The van der Waals surface area contributed by atoms with Gasteiger partial charge >= 0.3 is 0 Å². The zero-order valence-corrected chi connectivity index (χ0v) is 20.0. The molecule has 1 aromatic carbocycles. The molecule has 0 spiro atoms. The Balaban J connectivity index is 0.00000280. The molecule has 2 aromatic heterocycles. The van der Waals surface area contributed by atoms with Crippen molar-refractivity contribution in [2.24, 2.45) is 4.99 Å². The van der Waals surface area contributed by atoms with Crippen LogP contribution in [0.2, 0.25) is 0 Å². The number of para-hydroxylation sites is 2. The third-order valence-corrected chi connectivity index (χ3v) is 5.36. The number of nitrogens with zero attached hydrogens (tertiary/aromatic N) is 4. The first-order valence-corrected chi connectivity index (χ1v) is 10.3. The molecule has 3 rings (SSSR count). The van der Waals surface area contributed by atoms with Crippen molar-refractivity contribution in [1.29, 1.82) is 0 Å². The zero-order chi connectivity index (χ0) is 19.2. The van der Waals surface area contributed by atoms with Crippen molar-refractivity contribution in [3.05, 3.63) is 46.2 Å². The first-order valence-electron chi connectivity index (χ1n) is 9.39. The van der Waals surface area contributed by atoms with Crippen molar-refractivity contribution in [2.75, 3.05) is 13.6 Å². The first-order chi connectivity index (χ1) is 13.1. The number of hydrogen-bond donors (Lipinski definition) is 2. The van der Waals surface area contributed by atoms with Crippen LogP contribution in [0.25, 0.3) is 11.0 Å². The van der Waals surface area contributed by atoms with Crippen LogP contribution in [-0.4, -0.2) is 34.1 Å². The smallest absolute Gasteiger partial charge is 0.191 e. The molecule has 3 aromatic rings. The molecule has 28 heavy (non-hydrogen) atoms. The highest BCUT2D eigenvalue weighted by molar-refractivity contribution is 14.0. The molecule has 0 saturated carbocycles. The van der Waals surface area contributed by atoms with Gasteiger partial charge in [0.05, 0.1) is 23.3 Å². The fourth-order valence-corrected chi connectivity index (χ4v) is 3.87. The van der Waals surface area contributed by atoms with Gasteiger partial charge < -0.3 is 15.2 Å². The van der Waals surface area contributed by atoms with E-state index in [1.165, 1.54) is 5.52 Å². The van der Waals surface area contributed by atoms with Gasteiger partial charge in [-0.05, 0) is 31.4 Å². The Labute approximate surface area is 187 Å². The van der Waals surface area contributed by atoms with Crippen LogP contribution < -0.4 is 10.6 Å². The van der Waals surface area contributed by atoms with Crippen LogP contribution in [0.3, 0.4) is 0 Å². The van der Waals surface area contributed by atoms with Gasteiger partial charge in [-0.3, -0.25) is 4.99 Å². The minimum absolute atomic E-state index is 0. The summed E-state index contributed by atoms with van der Waals surface area (Å²) in [5, 5.41) is 9.94. The van der Waals surface area contributed by atoms with Gasteiger partial charge in [0.25, 0.3) is 0 Å². The van der Waals surface area contributed by atoms with E-state index in [-0.39, 0.29) is 24.0 Å². The Morgan fingerprint density at radius 1 is 1.21 bits per heavy atom. The summed E-state index contributed by atoms with van der Waals surface area (Å²) in [4.78, 5) is 13.6. The number of fused-ring (bicyclic) bond motifs is 1. The highest BCUT2D eigenvalue weighted by Crippen LogP contribution is 2.17. The van der Waals surface area contributed by atoms with Gasteiger partial charge in [0.1, 0.15) is 10.8 Å². The lowest BCUT2D eigenvalue weighted by Crippen LogP contribution is -2.37. The summed E-state index contributed by atoms with van der Waals surface area (Å²) < 4.78 is 2.27. The molecule has 0 amide bonds. The monoisotopic (exact) mass is 512 g/mol. The number of rotatable bonds is 7. The second-order valence-electron chi connectivity index (χ2n) is 6.83. The van der Waals surface area contributed by atoms with E-state index in [0.717, 1.165) is 47.5 Å². The normalized spacial score (nSPS) is 11.7.